The van der Waals surface area contributed by atoms with Crippen molar-refractivity contribution in [2.75, 3.05) is 0 Å². The van der Waals surface area contributed by atoms with Crippen molar-refractivity contribution in [1.29, 1.82) is 0 Å². The molecule has 0 bridgehead atoms. The summed E-state index contributed by atoms with van der Waals surface area (Å²) in [5.74, 6) is 0. The molecule has 3 aromatic heterocycles. The summed E-state index contributed by atoms with van der Waals surface area (Å²) in [7, 11) is -3.72. The summed E-state index contributed by atoms with van der Waals surface area (Å²) in [6, 6.07) is 12.2. The third kappa shape index (κ3) is 2.38. The second kappa shape index (κ2) is 5.29. The molecular weight excluding hydrogens is 326 g/mol. The molecule has 1 aromatic carbocycles. The van der Waals surface area contributed by atoms with Gasteiger partial charge in [-0.25, -0.2) is 18.1 Å². The highest BCUT2D eigenvalue weighted by Crippen LogP contribution is 2.34. The van der Waals surface area contributed by atoms with Gasteiger partial charge in [-0.1, -0.05) is 18.2 Å². The molecule has 0 aliphatic heterocycles. The molecule has 4 rings (SSSR count). The van der Waals surface area contributed by atoms with Gasteiger partial charge < -0.3 is 0 Å². The number of hydrogen-bond donors (Lipinski definition) is 2. The first kappa shape index (κ1) is 14.6. The number of hydrogen-bond acceptors (Lipinski definition) is 4. The molecule has 0 unspecified atom stereocenters. The van der Waals surface area contributed by atoms with Gasteiger partial charge in [0.1, 0.15) is 5.69 Å². The van der Waals surface area contributed by atoms with Gasteiger partial charge >= 0.3 is 0 Å². The van der Waals surface area contributed by atoms with E-state index in [-0.39, 0.29) is 4.90 Å². The predicted octanol–water partition coefficient (Wildman–Crippen LogP) is 2.04. The molecule has 7 nitrogen and oxygen atoms in total. The largest absolute Gasteiger partial charge is 0.285 e. The van der Waals surface area contributed by atoms with E-state index >= 15 is 0 Å². The Bertz CT molecular complexity index is 1110. The lowest BCUT2D eigenvalue weighted by Crippen LogP contribution is -2.11. The van der Waals surface area contributed by atoms with Crippen LogP contribution in [0.2, 0.25) is 0 Å². The van der Waals surface area contributed by atoms with Crippen molar-refractivity contribution in [3.63, 3.8) is 0 Å². The molecule has 8 heteroatoms. The Hall–Kier alpha value is -2.97. The van der Waals surface area contributed by atoms with Crippen molar-refractivity contribution in [3.05, 3.63) is 61.1 Å². The van der Waals surface area contributed by atoms with Crippen molar-refractivity contribution in [2.24, 2.45) is 5.14 Å². The Morgan fingerprint density at radius 2 is 1.83 bits per heavy atom. The Kier molecular flexibility index (Phi) is 3.22. The minimum Gasteiger partial charge on any atom is -0.285 e. The summed E-state index contributed by atoms with van der Waals surface area (Å²) in [6.07, 6.45) is 5.33. The van der Waals surface area contributed by atoms with Gasteiger partial charge in [0.15, 0.2) is 0 Å². The van der Waals surface area contributed by atoms with E-state index in [4.69, 9.17) is 5.14 Å². The first-order valence-electron chi connectivity index (χ1n) is 7.14. The number of fused-ring (bicyclic) bond motifs is 1. The monoisotopic (exact) mass is 339 g/mol. The van der Waals surface area contributed by atoms with Gasteiger partial charge in [0.25, 0.3) is 0 Å². The van der Waals surface area contributed by atoms with Crippen molar-refractivity contribution >= 4 is 15.5 Å². The Morgan fingerprint density at radius 3 is 2.50 bits per heavy atom. The van der Waals surface area contributed by atoms with Crippen LogP contribution in [-0.4, -0.2) is 28.2 Å². The van der Waals surface area contributed by atoms with Crippen LogP contribution < -0.4 is 5.14 Å². The second-order valence-electron chi connectivity index (χ2n) is 5.31. The average molecular weight is 339 g/mol. The highest BCUT2D eigenvalue weighted by Gasteiger charge is 2.17. The Balaban J connectivity index is 1.97. The molecule has 0 saturated heterocycles. The smallest absolute Gasteiger partial charge is 0.238 e. The summed E-state index contributed by atoms with van der Waals surface area (Å²) in [5.41, 5.74) is 4.28. The highest BCUT2D eigenvalue weighted by atomic mass is 32.2. The average Bonchev–Trinajstić information content (AvgIpc) is 3.21. The lowest BCUT2D eigenvalue weighted by molar-refractivity contribution is 0.598. The Morgan fingerprint density at radius 1 is 1.04 bits per heavy atom. The van der Waals surface area contributed by atoms with E-state index in [2.05, 4.69) is 15.3 Å². The number of primary sulfonamides is 1. The van der Waals surface area contributed by atoms with E-state index in [1.165, 1.54) is 12.1 Å². The van der Waals surface area contributed by atoms with Gasteiger partial charge in [-0.3, -0.25) is 5.10 Å². The molecule has 0 amide bonds. The van der Waals surface area contributed by atoms with Crippen LogP contribution in [0.15, 0.2) is 66.0 Å². The van der Waals surface area contributed by atoms with Gasteiger partial charge in [0.05, 0.1) is 16.6 Å². The molecule has 0 radical (unpaired) electrons. The lowest BCUT2D eigenvalue weighted by Gasteiger charge is -2.04. The van der Waals surface area contributed by atoms with Crippen LogP contribution in [0, 0.1) is 0 Å². The molecule has 0 atom stereocenters. The lowest BCUT2D eigenvalue weighted by atomic mass is 10.0. The number of nitrogens with one attached hydrogen (secondary N) is 1. The SMILES string of the molecule is NS(=O)(=O)c1ccc(-c2c(-c3cn[nH]c3)nn3ccccc23)cc1. The second-order valence-corrected chi connectivity index (χ2v) is 6.87. The van der Waals surface area contributed by atoms with Gasteiger partial charge in [0, 0.05) is 23.5 Å². The van der Waals surface area contributed by atoms with E-state index < -0.39 is 10.0 Å². The first-order valence-corrected chi connectivity index (χ1v) is 8.68. The summed E-state index contributed by atoms with van der Waals surface area (Å²) >= 11 is 0. The van der Waals surface area contributed by atoms with Crippen LogP contribution in [0.3, 0.4) is 0 Å². The fraction of sp³-hybridized carbons (Fsp3) is 0. The van der Waals surface area contributed by atoms with Crippen molar-refractivity contribution in [1.82, 2.24) is 19.8 Å². The Labute approximate surface area is 137 Å². The maximum Gasteiger partial charge on any atom is 0.238 e. The number of pyridine rings is 1. The number of nitrogens with zero attached hydrogens (tertiary/aromatic N) is 3. The number of rotatable bonds is 3. The van der Waals surface area contributed by atoms with Gasteiger partial charge in [-0.05, 0) is 29.8 Å². The zero-order valence-corrected chi connectivity index (χ0v) is 13.2. The van der Waals surface area contributed by atoms with E-state index in [0.717, 1.165) is 27.9 Å². The fourth-order valence-corrected chi connectivity index (χ4v) is 3.19. The maximum absolute atomic E-state index is 11.4. The first-order chi connectivity index (χ1) is 11.5. The summed E-state index contributed by atoms with van der Waals surface area (Å²) in [4.78, 5) is 0.0765. The molecule has 0 fully saturated rings. The number of sulfonamides is 1. The topological polar surface area (TPSA) is 106 Å². The van der Waals surface area contributed by atoms with Gasteiger partial charge in [-0.2, -0.15) is 10.2 Å². The molecule has 3 heterocycles. The highest BCUT2D eigenvalue weighted by molar-refractivity contribution is 7.89. The molecule has 0 aliphatic rings. The summed E-state index contributed by atoms with van der Waals surface area (Å²) in [6.45, 7) is 0. The zero-order chi connectivity index (χ0) is 16.7. The summed E-state index contributed by atoms with van der Waals surface area (Å²) < 4.78 is 24.7. The molecular formula is C16H13N5O2S. The molecule has 120 valence electrons. The van der Waals surface area contributed by atoms with Crippen LogP contribution in [0.4, 0.5) is 0 Å². The maximum atomic E-state index is 11.4. The minimum atomic E-state index is -3.72. The van der Waals surface area contributed by atoms with Crippen LogP contribution in [-0.2, 0) is 10.0 Å². The molecule has 0 saturated carbocycles. The number of benzene rings is 1. The number of H-pyrrole nitrogens is 1. The van der Waals surface area contributed by atoms with E-state index in [1.807, 2.05) is 24.4 Å². The molecule has 4 aromatic rings. The normalized spacial score (nSPS) is 11.9. The molecule has 24 heavy (non-hydrogen) atoms. The van der Waals surface area contributed by atoms with Crippen LogP contribution >= 0.6 is 0 Å². The van der Waals surface area contributed by atoms with Crippen molar-refractivity contribution < 1.29 is 8.42 Å². The molecule has 0 spiro atoms. The van der Waals surface area contributed by atoms with Gasteiger partial charge in [0.2, 0.25) is 10.0 Å². The van der Waals surface area contributed by atoms with Crippen molar-refractivity contribution in [3.8, 4) is 22.4 Å². The van der Waals surface area contributed by atoms with Crippen molar-refractivity contribution in [2.45, 2.75) is 4.90 Å². The van der Waals surface area contributed by atoms with E-state index in [1.54, 1.807) is 29.0 Å². The number of aromatic nitrogens is 4. The minimum absolute atomic E-state index is 0.0765. The standard InChI is InChI=1S/C16H13N5O2S/c17-24(22,23)13-6-4-11(5-7-13)15-14-3-1-2-8-21(14)20-16(15)12-9-18-19-10-12/h1-10H,(H,18,19)(H2,17,22,23). The quantitative estimate of drug-likeness (QED) is 0.595. The zero-order valence-electron chi connectivity index (χ0n) is 12.4. The van der Waals surface area contributed by atoms with Crippen LogP contribution in [0.1, 0.15) is 0 Å². The molecule has 3 N–H and O–H groups in total. The van der Waals surface area contributed by atoms with E-state index in [9.17, 15) is 8.42 Å². The predicted molar refractivity (Wildman–Crippen MR) is 89.6 cm³/mol. The van der Waals surface area contributed by atoms with Gasteiger partial charge in [-0.15, -0.1) is 0 Å². The van der Waals surface area contributed by atoms with Crippen LogP contribution in [0.5, 0.6) is 0 Å². The fourth-order valence-electron chi connectivity index (χ4n) is 2.68. The third-order valence-corrected chi connectivity index (χ3v) is 4.71. The summed E-state index contributed by atoms with van der Waals surface area (Å²) in [5, 5.41) is 16.5. The molecule has 0 aliphatic carbocycles. The third-order valence-electron chi connectivity index (χ3n) is 3.78. The number of nitrogens with two attached hydrogens (primary N) is 1. The number of aromatic amines is 1. The van der Waals surface area contributed by atoms with E-state index in [0.29, 0.717) is 0 Å². The van der Waals surface area contributed by atoms with Crippen LogP contribution in [0.25, 0.3) is 27.9 Å².